The van der Waals surface area contributed by atoms with Gasteiger partial charge in [-0.25, -0.2) is 4.39 Å². The van der Waals surface area contributed by atoms with Crippen LogP contribution in [0.2, 0.25) is 0 Å². The number of amides is 2. The fourth-order valence-corrected chi connectivity index (χ4v) is 2.89. The maximum Gasteiger partial charge on any atom is 0.226 e. The van der Waals surface area contributed by atoms with Crippen LogP contribution in [0.25, 0.3) is 0 Å². The molecule has 0 atom stereocenters. The summed E-state index contributed by atoms with van der Waals surface area (Å²) in [6.07, 6.45) is 0.0751. The second-order valence-electron chi connectivity index (χ2n) is 6.14. The van der Waals surface area contributed by atoms with Crippen LogP contribution in [0.3, 0.4) is 0 Å². The molecule has 0 saturated heterocycles. The van der Waals surface area contributed by atoms with E-state index in [2.05, 4.69) is 24.1 Å². The summed E-state index contributed by atoms with van der Waals surface area (Å²) >= 11 is 0. The molecule has 0 unspecified atom stereocenters. The van der Waals surface area contributed by atoms with Crippen LogP contribution in [0, 0.1) is 5.82 Å². The number of para-hydroxylation sites is 1. The quantitative estimate of drug-likeness (QED) is 0.761. The summed E-state index contributed by atoms with van der Waals surface area (Å²) in [4.78, 5) is 27.9. The third kappa shape index (κ3) is 5.54. The predicted molar refractivity (Wildman–Crippen MR) is 108 cm³/mol. The first-order chi connectivity index (χ1) is 13.0. The molecule has 0 aromatic heterocycles. The molecule has 0 fully saturated rings. The summed E-state index contributed by atoms with van der Waals surface area (Å²) in [5, 5.41) is 2.54. The minimum absolute atomic E-state index is 0.0751. The van der Waals surface area contributed by atoms with E-state index in [0.717, 1.165) is 24.5 Å². The Kier molecular flexibility index (Phi) is 7.34. The first kappa shape index (κ1) is 20.4. The van der Waals surface area contributed by atoms with Crippen molar-refractivity contribution in [2.24, 2.45) is 0 Å². The van der Waals surface area contributed by atoms with Crippen molar-refractivity contribution in [3.05, 3.63) is 54.3 Å². The Morgan fingerprint density at radius 3 is 2.11 bits per heavy atom. The zero-order valence-corrected chi connectivity index (χ0v) is 16.0. The average molecular weight is 371 g/mol. The number of carbonyl (C=O) groups excluding carboxylic acids is 2. The number of hydrogen-bond acceptors (Lipinski definition) is 3. The highest BCUT2D eigenvalue weighted by Crippen LogP contribution is 2.21. The van der Waals surface area contributed by atoms with E-state index in [1.54, 1.807) is 17.0 Å². The standard InChI is InChI=1S/C21H26FN3O2/c1-4-24(5-2)17-10-12-18(13-11-17)25(16(3)26)15-14-21(27)23-20-9-7-6-8-19(20)22/h6-13H,4-5,14-15H2,1-3H3,(H,23,27). The maximum atomic E-state index is 13.6. The van der Waals surface area contributed by atoms with E-state index >= 15 is 0 Å². The molecule has 6 heteroatoms. The normalized spacial score (nSPS) is 10.4. The van der Waals surface area contributed by atoms with Gasteiger partial charge in [-0.3, -0.25) is 9.59 Å². The number of carbonyl (C=O) groups is 2. The van der Waals surface area contributed by atoms with Gasteiger partial charge in [0.15, 0.2) is 0 Å². The Bertz CT molecular complexity index is 773. The molecular formula is C21H26FN3O2. The van der Waals surface area contributed by atoms with Crippen molar-refractivity contribution in [2.45, 2.75) is 27.2 Å². The van der Waals surface area contributed by atoms with Gasteiger partial charge in [0, 0.05) is 44.4 Å². The highest BCUT2D eigenvalue weighted by Gasteiger charge is 2.15. The molecule has 27 heavy (non-hydrogen) atoms. The Morgan fingerprint density at radius 2 is 1.56 bits per heavy atom. The molecular weight excluding hydrogens is 345 g/mol. The SMILES string of the molecule is CCN(CC)c1ccc(N(CCC(=O)Nc2ccccc2F)C(C)=O)cc1. The van der Waals surface area contributed by atoms with Crippen LogP contribution in [-0.4, -0.2) is 31.4 Å². The topological polar surface area (TPSA) is 52.6 Å². The monoisotopic (exact) mass is 371 g/mol. The maximum absolute atomic E-state index is 13.6. The van der Waals surface area contributed by atoms with Crippen LogP contribution in [0.1, 0.15) is 27.2 Å². The second-order valence-corrected chi connectivity index (χ2v) is 6.14. The van der Waals surface area contributed by atoms with E-state index in [9.17, 15) is 14.0 Å². The molecule has 2 amide bonds. The van der Waals surface area contributed by atoms with Gasteiger partial charge in [0.25, 0.3) is 0 Å². The number of rotatable bonds is 8. The third-order valence-corrected chi connectivity index (χ3v) is 4.38. The summed E-state index contributed by atoms with van der Waals surface area (Å²) in [5.41, 5.74) is 1.96. The molecule has 0 heterocycles. The summed E-state index contributed by atoms with van der Waals surface area (Å²) in [6, 6.07) is 13.7. The van der Waals surface area contributed by atoms with Crippen LogP contribution < -0.4 is 15.1 Å². The van der Waals surface area contributed by atoms with E-state index < -0.39 is 5.82 Å². The molecule has 5 nitrogen and oxygen atoms in total. The summed E-state index contributed by atoms with van der Waals surface area (Å²) in [5.74, 6) is -0.975. The van der Waals surface area contributed by atoms with Crippen LogP contribution in [-0.2, 0) is 9.59 Å². The lowest BCUT2D eigenvalue weighted by Crippen LogP contribution is -2.32. The molecule has 144 valence electrons. The lowest BCUT2D eigenvalue weighted by Gasteiger charge is -2.24. The number of benzene rings is 2. The molecule has 2 aromatic carbocycles. The molecule has 0 radical (unpaired) electrons. The smallest absolute Gasteiger partial charge is 0.226 e. The van der Waals surface area contributed by atoms with Gasteiger partial charge < -0.3 is 15.1 Å². The van der Waals surface area contributed by atoms with Crippen molar-refractivity contribution in [3.63, 3.8) is 0 Å². The number of halogens is 1. The Balaban J connectivity index is 2.02. The molecule has 0 aliphatic carbocycles. The number of anilines is 3. The second kappa shape index (κ2) is 9.71. The fraction of sp³-hybridized carbons (Fsp3) is 0.333. The van der Waals surface area contributed by atoms with Crippen LogP contribution >= 0.6 is 0 Å². The highest BCUT2D eigenvalue weighted by atomic mass is 19.1. The van der Waals surface area contributed by atoms with Gasteiger partial charge in [0.1, 0.15) is 5.82 Å². The highest BCUT2D eigenvalue weighted by molar-refractivity contribution is 5.95. The molecule has 0 aliphatic rings. The number of hydrogen-bond donors (Lipinski definition) is 1. The Morgan fingerprint density at radius 1 is 0.963 bits per heavy atom. The molecule has 0 saturated carbocycles. The molecule has 0 spiro atoms. The van der Waals surface area contributed by atoms with Crippen molar-refractivity contribution in [2.75, 3.05) is 34.8 Å². The first-order valence-corrected chi connectivity index (χ1v) is 9.13. The lowest BCUT2D eigenvalue weighted by molar-refractivity contribution is -0.117. The van der Waals surface area contributed by atoms with Crippen molar-refractivity contribution in [1.29, 1.82) is 0 Å². The zero-order chi connectivity index (χ0) is 19.8. The van der Waals surface area contributed by atoms with Gasteiger partial charge in [-0.15, -0.1) is 0 Å². The van der Waals surface area contributed by atoms with Crippen molar-refractivity contribution < 1.29 is 14.0 Å². The zero-order valence-electron chi connectivity index (χ0n) is 16.0. The number of nitrogens with zero attached hydrogens (tertiary/aromatic N) is 2. The minimum Gasteiger partial charge on any atom is -0.372 e. The molecule has 0 aliphatic heterocycles. The summed E-state index contributed by atoms with van der Waals surface area (Å²) in [6.45, 7) is 7.68. The Hall–Kier alpha value is -2.89. The van der Waals surface area contributed by atoms with Crippen LogP contribution in [0.15, 0.2) is 48.5 Å². The number of nitrogens with one attached hydrogen (secondary N) is 1. The van der Waals surface area contributed by atoms with E-state index in [-0.39, 0.29) is 30.5 Å². The molecule has 0 bridgehead atoms. The third-order valence-electron chi connectivity index (χ3n) is 4.38. The lowest BCUT2D eigenvalue weighted by atomic mass is 10.2. The first-order valence-electron chi connectivity index (χ1n) is 9.13. The van der Waals surface area contributed by atoms with E-state index in [0.29, 0.717) is 0 Å². The van der Waals surface area contributed by atoms with Gasteiger partial charge in [-0.05, 0) is 50.2 Å². The van der Waals surface area contributed by atoms with Gasteiger partial charge in [-0.2, -0.15) is 0 Å². The summed E-state index contributed by atoms with van der Waals surface area (Å²) < 4.78 is 13.6. The van der Waals surface area contributed by atoms with Gasteiger partial charge >= 0.3 is 0 Å². The molecule has 2 rings (SSSR count). The van der Waals surface area contributed by atoms with Crippen molar-refractivity contribution in [3.8, 4) is 0 Å². The van der Waals surface area contributed by atoms with Crippen LogP contribution in [0.4, 0.5) is 21.5 Å². The van der Waals surface area contributed by atoms with E-state index in [4.69, 9.17) is 0 Å². The van der Waals surface area contributed by atoms with Crippen molar-refractivity contribution >= 4 is 28.9 Å². The van der Waals surface area contributed by atoms with E-state index in [1.165, 1.54) is 19.1 Å². The predicted octanol–water partition coefficient (Wildman–Crippen LogP) is 4.05. The minimum atomic E-state index is -0.485. The van der Waals surface area contributed by atoms with Gasteiger partial charge in [0.05, 0.1) is 5.69 Å². The van der Waals surface area contributed by atoms with Crippen molar-refractivity contribution in [1.82, 2.24) is 0 Å². The molecule has 1 N–H and O–H groups in total. The molecule has 2 aromatic rings. The van der Waals surface area contributed by atoms with Crippen LogP contribution in [0.5, 0.6) is 0 Å². The van der Waals surface area contributed by atoms with Gasteiger partial charge in [0.2, 0.25) is 11.8 Å². The summed E-state index contributed by atoms with van der Waals surface area (Å²) in [7, 11) is 0. The van der Waals surface area contributed by atoms with Gasteiger partial charge in [-0.1, -0.05) is 12.1 Å². The average Bonchev–Trinajstić information content (AvgIpc) is 2.65. The fourth-order valence-electron chi connectivity index (χ4n) is 2.89. The Labute approximate surface area is 159 Å². The largest absolute Gasteiger partial charge is 0.372 e. The van der Waals surface area contributed by atoms with E-state index in [1.807, 2.05) is 24.3 Å².